The van der Waals surface area contributed by atoms with E-state index in [2.05, 4.69) is 6.58 Å². The van der Waals surface area contributed by atoms with Gasteiger partial charge in [-0.05, 0) is 37.8 Å². The van der Waals surface area contributed by atoms with Crippen LogP contribution in [0.5, 0.6) is 5.75 Å². The number of para-hydroxylation sites is 1. The van der Waals surface area contributed by atoms with Gasteiger partial charge in [-0.1, -0.05) is 43.0 Å². The van der Waals surface area contributed by atoms with Crippen LogP contribution in [0, 0.1) is 10.1 Å². The molecule has 3 N–H and O–H groups in total. The third kappa shape index (κ3) is 5.31. The number of Topliss-reactive ketones (excluding diaryl/α,β-unsaturated/α-hetero) is 2. The van der Waals surface area contributed by atoms with E-state index in [1.165, 1.54) is 42.5 Å². The molecular formula is C30H28N2O9. The van der Waals surface area contributed by atoms with Crippen LogP contribution in [0.25, 0.3) is 0 Å². The van der Waals surface area contributed by atoms with Gasteiger partial charge in [0.2, 0.25) is 0 Å². The number of ketones is 2. The Morgan fingerprint density at radius 2 is 1.61 bits per heavy atom. The Labute approximate surface area is 235 Å². The molecule has 0 spiro atoms. The lowest BCUT2D eigenvalue weighted by molar-refractivity contribution is -0.551. The largest absolute Gasteiger partial charge is 0.493 e. The zero-order valence-electron chi connectivity index (χ0n) is 22.0. The van der Waals surface area contributed by atoms with Crippen molar-refractivity contribution in [1.82, 2.24) is 0 Å². The van der Waals surface area contributed by atoms with E-state index >= 15 is 0 Å². The molecule has 2 aliphatic rings. The van der Waals surface area contributed by atoms with E-state index < -0.39 is 56.7 Å². The quantitative estimate of drug-likeness (QED) is 0.128. The molecule has 2 unspecified atom stereocenters. The van der Waals surface area contributed by atoms with Crippen LogP contribution in [0.2, 0.25) is 0 Å². The second kappa shape index (κ2) is 12.1. The second-order valence-electron chi connectivity index (χ2n) is 9.53. The smallest absolute Gasteiger partial charge is 0.333 e. The number of carbonyl (C=O) groups excluding carboxylic acids is 3. The van der Waals surface area contributed by atoms with Crippen LogP contribution in [-0.4, -0.2) is 52.8 Å². The Morgan fingerprint density at radius 3 is 2.24 bits per heavy atom. The first-order chi connectivity index (χ1) is 19.6. The number of hydrogen-bond acceptors (Lipinski definition) is 9. The van der Waals surface area contributed by atoms with Gasteiger partial charge in [-0.3, -0.25) is 19.7 Å². The van der Waals surface area contributed by atoms with Gasteiger partial charge in [-0.15, -0.1) is 0 Å². The van der Waals surface area contributed by atoms with Gasteiger partial charge in [-0.25, -0.2) is 9.59 Å². The van der Waals surface area contributed by atoms with Crippen LogP contribution < -0.4 is 10.5 Å². The van der Waals surface area contributed by atoms with Crippen molar-refractivity contribution >= 4 is 23.5 Å². The molecule has 11 heteroatoms. The van der Waals surface area contributed by atoms with E-state index in [0.717, 1.165) is 18.6 Å². The number of benzene rings is 2. The summed E-state index contributed by atoms with van der Waals surface area (Å²) in [5.41, 5.74) is 2.02. The first-order valence-electron chi connectivity index (χ1n) is 13.0. The molecule has 0 aromatic heterocycles. The van der Waals surface area contributed by atoms with E-state index in [1.807, 2.05) is 0 Å². The number of nitrogens with zero attached hydrogens (tertiary/aromatic N) is 1. The SMILES string of the molecule is C=CC(=O)OCCCCCCOc1ccccc1C1([N+](=O)[O-])C=C(C(=O)O)C(N)C2=C1C(=O)c1ccccc1C2=O. The van der Waals surface area contributed by atoms with Crippen molar-refractivity contribution < 1.29 is 38.7 Å². The number of carbonyl (C=O) groups is 4. The summed E-state index contributed by atoms with van der Waals surface area (Å²) in [5, 5.41) is 22.9. The highest BCUT2D eigenvalue weighted by Crippen LogP contribution is 2.49. The van der Waals surface area contributed by atoms with E-state index in [9.17, 15) is 34.4 Å². The molecule has 0 bridgehead atoms. The van der Waals surface area contributed by atoms with Gasteiger partial charge in [0.25, 0.3) is 5.54 Å². The number of carboxylic acid groups (broad SMARTS) is 1. The average Bonchev–Trinajstić information content (AvgIpc) is 2.97. The Kier molecular flexibility index (Phi) is 8.58. The van der Waals surface area contributed by atoms with Gasteiger partial charge < -0.3 is 20.3 Å². The van der Waals surface area contributed by atoms with Gasteiger partial charge in [0.1, 0.15) is 5.75 Å². The fourth-order valence-corrected chi connectivity index (χ4v) is 5.14. The first-order valence-corrected chi connectivity index (χ1v) is 13.0. The van der Waals surface area contributed by atoms with Crippen LogP contribution in [0.1, 0.15) is 52.0 Å². The number of rotatable bonds is 12. The number of nitro groups is 1. The van der Waals surface area contributed by atoms with Crippen LogP contribution in [0.15, 0.2) is 84.0 Å². The number of esters is 1. The fraction of sp³-hybridized carbons (Fsp3) is 0.267. The summed E-state index contributed by atoms with van der Waals surface area (Å²) in [6.07, 6.45) is 4.60. The molecular weight excluding hydrogens is 532 g/mol. The van der Waals surface area contributed by atoms with Gasteiger partial charge in [0, 0.05) is 33.8 Å². The molecule has 2 aliphatic carbocycles. The lowest BCUT2D eigenvalue weighted by atomic mass is 9.65. The highest BCUT2D eigenvalue weighted by molar-refractivity contribution is 6.29. The van der Waals surface area contributed by atoms with Crippen LogP contribution in [0.4, 0.5) is 0 Å². The average molecular weight is 561 g/mol. The molecule has 0 amide bonds. The van der Waals surface area contributed by atoms with E-state index in [-0.39, 0.29) is 35.7 Å². The maximum Gasteiger partial charge on any atom is 0.333 e. The summed E-state index contributed by atoms with van der Waals surface area (Å²) < 4.78 is 10.9. The summed E-state index contributed by atoms with van der Waals surface area (Å²) in [5.74, 6) is -3.50. The molecule has 4 rings (SSSR count). The van der Waals surface area contributed by atoms with Crippen molar-refractivity contribution in [3.8, 4) is 5.75 Å². The Morgan fingerprint density at radius 1 is 1.00 bits per heavy atom. The molecule has 2 atom stereocenters. The molecule has 2 aromatic carbocycles. The number of nitrogens with two attached hydrogens (primary N) is 1. The van der Waals surface area contributed by atoms with Crippen molar-refractivity contribution in [3.05, 3.63) is 111 Å². The minimum Gasteiger partial charge on any atom is -0.493 e. The monoisotopic (exact) mass is 560 g/mol. The van der Waals surface area contributed by atoms with E-state index in [1.54, 1.807) is 6.07 Å². The number of fused-ring (bicyclic) bond motifs is 1. The number of ether oxygens (including phenoxy) is 2. The highest BCUT2D eigenvalue weighted by atomic mass is 16.6. The van der Waals surface area contributed by atoms with Crippen molar-refractivity contribution in [2.75, 3.05) is 13.2 Å². The highest BCUT2D eigenvalue weighted by Gasteiger charge is 2.59. The summed E-state index contributed by atoms with van der Waals surface area (Å²) in [6, 6.07) is 10.3. The summed E-state index contributed by atoms with van der Waals surface area (Å²) >= 11 is 0. The maximum absolute atomic E-state index is 13.8. The molecule has 0 aliphatic heterocycles. The number of hydrogen-bond donors (Lipinski definition) is 2. The molecule has 2 aromatic rings. The van der Waals surface area contributed by atoms with Crippen molar-refractivity contribution in [3.63, 3.8) is 0 Å². The minimum absolute atomic E-state index is 0.000574. The minimum atomic E-state index is -2.55. The third-order valence-corrected chi connectivity index (χ3v) is 7.09. The summed E-state index contributed by atoms with van der Waals surface area (Å²) in [6.45, 7) is 3.75. The predicted molar refractivity (Wildman–Crippen MR) is 146 cm³/mol. The van der Waals surface area contributed by atoms with Crippen molar-refractivity contribution in [1.29, 1.82) is 0 Å². The molecule has 41 heavy (non-hydrogen) atoms. The molecule has 212 valence electrons. The lowest BCUT2D eigenvalue weighted by Gasteiger charge is -2.36. The summed E-state index contributed by atoms with van der Waals surface area (Å²) in [7, 11) is 0. The number of aliphatic carboxylic acids is 1. The van der Waals surface area contributed by atoms with Crippen LogP contribution in [0.3, 0.4) is 0 Å². The molecule has 0 radical (unpaired) electrons. The molecule has 0 fully saturated rings. The maximum atomic E-state index is 13.8. The second-order valence-corrected chi connectivity index (χ2v) is 9.53. The van der Waals surface area contributed by atoms with Gasteiger partial charge in [-0.2, -0.15) is 0 Å². The zero-order chi connectivity index (χ0) is 29.7. The van der Waals surface area contributed by atoms with Crippen LogP contribution >= 0.6 is 0 Å². The van der Waals surface area contributed by atoms with Crippen molar-refractivity contribution in [2.24, 2.45) is 5.73 Å². The predicted octanol–water partition coefficient (Wildman–Crippen LogP) is 3.55. The fourth-order valence-electron chi connectivity index (χ4n) is 5.14. The Bertz CT molecular complexity index is 1510. The zero-order valence-corrected chi connectivity index (χ0v) is 22.0. The van der Waals surface area contributed by atoms with E-state index in [4.69, 9.17) is 15.2 Å². The standard InChI is InChI=1S/C30H28N2O9/c1-2-23(33)41-16-10-4-3-9-15-40-22-14-8-7-13-21(22)30(32(38)39)17-20(29(36)37)26(31)24-25(30)28(35)19-12-6-5-11-18(19)27(24)34/h2,5-8,11-14,17,26H,1,3-4,9-10,15-16,31H2,(H,36,37). The normalized spacial score (nSPS) is 19.5. The van der Waals surface area contributed by atoms with E-state index in [0.29, 0.717) is 19.3 Å². The lowest BCUT2D eigenvalue weighted by Crippen LogP contribution is -2.50. The van der Waals surface area contributed by atoms with Gasteiger partial charge in [0.05, 0.1) is 36.0 Å². The van der Waals surface area contributed by atoms with Crippen molar-refractivity contribution in [2.45, 2.75) is 37.3 Å². The molecule has 11 nitrogen and oxygen atoms in total. The summed E-state index contributed by atoms with van der Waals surface area (Å²) in [4.78, 5) is 63.0. The van der Waals surface area contributed by atoms with Gasteiger partial charge >= 0.3 is 11.9 Å². The third-order valence-electron chi connectivity index (χ3n) is 7.09. The Hall–Kier alpha value is -4.90. The first kappa shape index (κ1) is 29.1. The molecule has 0 saturated carbocycles. The van der Waals surface area contributed by atoms with Crippen LogP contribution in [-0.2, 0) is 19.9 Å². The Balaban J connectivity index is 1.71. The van der Waals surface area contributed by atoms with Gasteiger partial charge in [0.15, 0.2) is 11.6 Å². The topological polar surface area (TPSA) is 176 Å². The molecule has 0 heterocycles. The number of unbranched alkanes of at least 4 members (excludes halogenated alkanes) is 3. The molecule has 0 saturated heterocycles. The number of carboxylic acids is 1.